The molecule has 0 radical (unpaired) electrons. The fraction of sp³-hybridized carbons (Fsp3) is 0.333. The first-order chi connectivity index (χ1) is 5.24. The zero-order valence-electron chi connectivity index (χ0n) is 6.82. The molecule has 0 saturated heterocycles. The van der Waals surface area contributed by atoms with E-state index in [1.165, 1.54) is 11.1 Å². The highest BCUT2D eigenvalue weighted by atomic mass is 35.5. The molecule has 2 heteroatoms. The first-order valence-electron chi connectivity index (χ1n) is 3.61. The largest absolute Gasteiger partial charge is 0.372 e. The van der Waals surface area contributed by atoms with E-state index in [0.717, 1.165) is 5.69 Å². The Morgan fingerprint density at radius 1 is 1.27 bits per heavy atom. The molecule has 1 aromatic rings. The molecule has 1 aromatic carbocycles. The Morgan fingerprint density at radius 3 is 2.55 bits per heavy atom. The number of aryl methyl sites for hydroxylation is 2. The van der Waals surface area contributed by atoms with Crippen LogP contribution in [0.2, 0.25) is 0 Å². The molecule has 1 nitrogen and oxygen atoms in total. The Labute approximate surface area is 72.4 Å². The highest BCUT2D eigenvalue weighted by Gasteiger charge is 1.93. The van der Waals surface area contributed by atoms with Crippen molar-refractivity contribution in [3.05, 3.63) is 29.3 Å². The lowest BCUT2D eigenvalue weighted by Gasteiger charge is -2.04. The molecule has 60 valence electrons. The number of nitrogens with one attached hydrogen (secondary N) is 1. The first-order valence-corrected chi connectivity index (χ1v) is 4.14. The number of rotatable bonds is 2. The number of benzene rings is 1. The van der Waals surface area contributed by atoms with Crippen LogP contribution in [-0.2, 0) is 0 Å². The van der Waals surface area contributed by atoms with Gasteiger partial charge in [0.15, 0.2) is 0 Å². The monoisotopic (exact) mass is 169 g/mol. The van der Waals surface area contributed by atoms with Crippen molar-refractivity contribution in [1.29, 1.82) is 0 Å². The van der Waals surface area contributed by atoms with Gasteiger partial charge in [0, 0.05) is 5.69 Å². The van der Waals surface area contributed by atoms with Crippen LogP contribution >= 0.6 is 11.6 Å². The minimum absolute atomic E-state index is 0.461. The highest BCUT2D eigenvalue weighted by molar-refractivity contribution is 6.18. The summed E-state index contributed by atoms with van der Waals surface area (Å²) in [6, 6.07) is 6.68. The third kappa shape index (κ3) is 2.12. The van der Waals surface area contributed by atoms with Gasteiger partial charge in [-0.3, -0.25) is 0 Å². The van der Waals surface area contributed by atoms with Gasteiger partial charge in [-0.2, -0.15) is 0 Å². The maximum Gasteiger partial charge on any atom is 0.0901 e. The summed E-state index contributed by atoms with van der Waals surface area (Å²) in [6.45, 7) is 4.19. The van der Waals surface area contributed by atoms with Crippen LogP contribution < -0.4 is 5.32 Å². The third-order valence-corrected chi connectivity index (χ3v) is 1.91. The van der Waals surface area contributed by atoms with Gasteiger partial charge < -0.3 is 5.32 Å². The molecule has 0 aliphatic heterocycles. The molecule has 0 unspecified atom stereocenters. The summed E-state index contributed by atoms with van der Waals surface area (Å²) in [5.41, 5.74) is 3.69. The van der Waals surface area contributed by atoms with Gasteiger partial charge in [-0.25, -0.2) is 0 Å². The van der Waals surface area contributed by atoms with Crippen molar-refractivity contribution in [2.45, 2.75) is 13.8 Å². The highest BCUT2D eigenvalue weighted by Crippen LogP contribution is 2.13. The Hall–Kier alpha value is -0.690. The SMILES string of the molecule is Cc1ccc(NCCl)cc1C. The Morgan fingerprint density at radius 2 is 2.00 bits per heavy atom. The second-order valence-electron chi connectivity index (χ2n) is 2.61. The maximum absolute atomic E-state index is 5.52. The lowest BCUT2D eigenvalue weighted by atomic mass is 10.1. The molecule has 0 aliphatic rings. The van der Waals surface area contributed by atoms with Crippen LogP contribution in [0.5, 0.6) is 0 Å². The molecule has 11 heavy (non-hydrogen) atoms. The first kappa shape index (κ1) is 8.41. The van der Waals surface area contributed by atoms with Crippen molar-refractivity contribution in [3.63, 3.8) is 0 Å². The minimum atomic E-state index is 0.461. The summed E-state index contributed by atoms with van der Waals surface area (Å²) in [7, 11) is 0. The van der Waals surface area contributed by atoms with Gasteiger partial charge in [-0.1, -0.05) is 6.07 Å². The number of anilines is 1. The third-order valence-electron chi connectivity index (χ3n) is 1.78. The Kier molecular flexibility index (Phi) is 2.77. The number of halogens is 1. The number of alkyl halides is 1. The predicted octanol–water partition coefficient (Wildman–Crippen LogP) is 2.91. The predicted molar refractivity (Wildman–Crippen MR) is 50.3 cm³/mol. The molecular formula is C9H12ClN. The lowest BCUT2D eigenvalue weighted by molar-refractivity contribution is 1.32. The van der Waals surface area contributed by atoms with Crippen LogP contribution in [0.1, 0.15) is 11.1 Å². The van der Waals surface area contributed by atoms with Crippen LogP contribution in [0.4, 0.5) is 5.69 Å². The van der Waals surface area contributed by atoms with Gasteiger partial charge in [0.1, 0.15) is 0 Å². The fourth-order valence-electron chi connectivity index (χ4n) is 0.929. The molecule has 0 saturated carbocycles. The molecule has 0 aromatic heterocycles. The average Bonchev–Trinajstić information content (AvgIpc) is 1.98. The topological polar surface area (TPSA) is 12.0 Å². The van der Waals surface area contributed by atoms with Crippen molar-refractivity contribution in [1.82, 2.24) is 0 Å². The summed E-state index contributed by atoms with van der Waals surface area (Å²) < 4.78 is 0. The summed E-state index contributed by atoms with van der Waals surface area (Å²) >= 11 is 5.52. The van der Waals surface area contributed by atoms with Crippen molar-refractivity contribution in [2.75, 3.05) is 11.3 Å². The van der Waals surface area contributed by atoms with E-state index in [-0.39, 0.29) is 0 Å². The van der Waals surface area contributed by atoms with Crippen LogP contribution in [0, 0.1) is 13.8 Å². The molecule has 0 bridgehead atoms. The van der Waals surface area contributed by atoms with E-state index in [9.17, 15) is 0 Å². The second-order valence-corrected chi connectivity index (χ2v) is 2.88. The number of hydrogen-bond acceptors (Lipinski definition) is 1. The zero-order valence-corrected chi connectivity index (χ0v) is 7.57. The molecule has 0 fully saturated rings. The van der Waals surface area contributed by atoms with E-state index in [1.54, 1.807) is 0 Å². The van der Waals surface area contributed by atoms with Gasteiger partial charge >= 0.3 is 0 Å². The summed E-state index contributed by atoms with van der Waals surface area (Å²) in [6.07, 6.45) is 0. The van der Waals surface area contributed by atoms with E-state index in [0.29, 0.717) is 6.00 Å². The summed E-state index contributed by atoms with van der Waals surface area (Å²) in [5.74, 6) is 0. The van der Waals surface area contributed by atoms with Crippen LogP contribution in [-0.4, -0.2) is 6.00 Å². The van der Waals surface area contributed by atoms with Gasteiger partial charge in [0.2, 0.25) is 0 Å². The standard InChI is InChI=1S/C9H12ClN/c1-7-3-4-9(11-6-10)5-8(7)2/h3-5,11H,6H2,1-2H3. The van der Waals surface area contributed by atoms with Crippen molar-refractivity contribution in [3.8, 4) is 0 Å². The fourth-order valence-corrected chi connectivity index (χ4v) is 1.08. The van der Waals surface area contributed by atoms with E-state index < -0.39 is 0 Å². The van der Waals surface area contributed by atoms with Crippen molar-refractivity contribution < 1.29 is 0 Å². The van der Waals surface area contributed by atoms with Crippen LogP contribution in [0.25, 0.3) is 0 Å². The summed E-state index contributed by atoms with van der Waals surface area (Å²) in [5, 5.41) is 3.04. The Bertz CT molecular complexity index is 245. The maximum atomic E-state index is 5.52. The van der Waals surface area contributed by atoms with E-state index in [2.05, 4.69) is 31.3 Å². The van der Waals surface area contributed by atoms with Gasteiger partial charge in [0.25, 0.3) is 0 Å². The van der Waals surface area contributed by atoms with E-state index >= 15 is 0 Å². The Balaban J connectivity index is 2.86. The molecule has 1 rings (SSSR count). The van der Waals surface area contributed by atoms with Crippen LogP contribution in [0.3, 0.4) is 0 Å². The van der Waals surface area contributed by atoms with Gasteiger partial charge in [-0.15, -0.1) is 11.6 Å². The number of hydrogen-bond donors (Lipinski definition) is 1. The molecule has 0 atom stereocenters. The average molecular weight is 170 g/mol. The molecular weight excluding hydrogens is 158 g/mol. The zero-order chi connectivity index (χ0) is 8.27. The smallest absolute Gasteiger partial charge is 0.0901 e. The minimum Gasteiger partial charge on any atom is -0.372 e. The molecule has 0 aliphatic carbocycles. The van der Waals surface area contributed by atoms with Crippen LogP contribution in [0.15, 0.2) is 18.2 Å². The normalized spacial score (nSPS) is 9.73. The van der Waals surface area contributed by atoms with E-state index in [1.807, 2.05) is 6.07 Å². The molecule has 0 heterocycles. The summed E-state index contributed by atoms with van der Waals surface area (Å²) in [4.78, 5) is 0. The van der Waals surface area contributed by atoms with E-state index in [4.69, 9.17) is 11.6 Å². The lowest BCUT2D eigenvalue weighted by Crippen LogP contribution is -1.94. The van der Waals surface area contributed by atoms with Crippen molar-refractivity contribution >= 4 is 17.3 Å². The quantitative estimate of drug-likeness (QED) is 0.530. The molecule has 1 N–H and O–H groups in total. The van der Waals surface area contributed by atoms with Gasteiger partial charge in [-0.05, 0) is 37.1 Å². The second kappa shape index (κ2) is 3.63. The molecule has 0 spiro atoms. The van der Waals surface area contributed by atoms with Gasteiger partial charge in [0.05, 0.1) is 6.00 Å². The molecule has 0 amide bonds. The van der Waals surface area contributed by atoms with Crippen molar-refractivity contribution in [2.24, 2.45) is 0 Å².